The van der Waals surface area contributed by atoms with Crippen LogP contribution in [0.1, 0.15) is 39.5 Å². The summed E-state index contributed by atoms with van der Waals surface area (Å²) in [5.41, 5.74) is 0. The summed E-state index contributed by atoms with van der Waals surface area (Å²) < 4.78 is 5.60. The Morgan fingerprint density at radius 3 is 3.00 bits per heavy atom. The van der Waals surface area contributed by atoms with Gasteiger partial charge in [-0.3, -0.25) is 4.79 Å². The monoisotopic (exact) mass is 215 g/mol. The van der Waals surface area contributed by atoms with Crippen molar-refractivity contribution in [2.75, 3.05) is 6.61 Å². The SMILES string of the molecule is CCCC1CC(NC(C)C(=O)O)CCO1. The molecule has 0 spiro atoms. The van der Waals surface area contributed by atoms with Crippen LogP contribution in [0, 0.1) is 0 Å². The van der Waals surface area contributed by atoms with Crippen LogP contribution >= 0.6 is 0 Å². The Hall–Kier alpha value is -0.610. The van der Waals surface area contributed by atoms with Gasteiger partial charge < -0.3 is 15.2 Å². The van der Waals surface area contributed by atoms with E-state index in [1.54, 1.807) is 6.92 Å². The number of nitrogens with one attached hydrogen (secondary N) is 1. The fourth-order valence-electron chi connectivity index (χ4n) is 1.98. The third kappa shape index (κ3) is 4.18. The van der Waals surface area contributed by atoms with Crippen LogP contribution in [0.5, 0.6) is 0 Å². The van der Waals surface area contributed by atoms with Gasteiger partial charge in [-0.25, -0.2) is 0 Å². The van der Waals surface area contributed by atoms with Crippen molar-refractivity contribution in [3.8, 4) is 0 Å². The van der Waals surface area contributed by atoms with Gasteiger partial charge in [-0.2, -0.15) is 0 Å². The lowest BCUT2D eigenvalue weighted by Crippen LogP contribution is -2.46. The topological polar surface area (TPSA) is 58.6 Å². The highest BCUT2D eigenvalue weighted by Gasteiger charge is 2.24. The van der Waals surface area contributed by atoms with E-state index in [0.29, 0.717) is 12.1 Å². The highest BCUT2D eigenvalue weighted by Crippen LogP contribution is 2.18. The Morgan fingerprint density at radius 2 is 2.40 bits per heavy atom. The van der Waals surface area contributed by atoms with Crippen molar-refractivity contribution in [2.24, 2.45) is 0 Å². The van der Waals surface area contributed by atoms with Crippen LogP contribution in [0.4, 0.5) is 0 Å². The van der Waals surface area contributed by atoms with Crippen molar-refractivity contribution in [1.82, 2.24) is 5.32 Å². The summed E-state index contributed by atoms with van der Waals surface area (Å²) in [6.07, 6.45) is 4.34. The average Bonchev–Trinajstić information content (AvgIpc) is 2.18. The van der Waals surface area contributed by atoms with Gasteiger partial charge in [0.15, 0.2) is 0 Å². The first-order valence-corrected chi connectivity index (χ1v) is 5.74. The molecule has 0 aromatic rings. The van der Waals surface area contributed by atoms with Gasteiger partial charge in [0.1, 0.15) is 6.04 Å². The molecule has 0 radical (unpaired) electrons. The molecule has 0 aromatic carbocycles. The van der Waals surface area contributed by atoms with Gasteiger partial charge in [-0.05, 0) is 26.2 Å². The number of carboxylic acid groups (broad SMARTS) is 1. The van der Waals surface area contributed by atoms with Crippen LogP contribution in [0.3, 0.4) is 0 Å². The van der Waals surface area contributed by atoms with Crippen LogP contribution in [0.2, 0.25) is 0 Å². The van der Waals surface area contributed by atoms with Crippen molar-refractivity contribution in [2.45, 2.75) is 57.7 Å². The Balaban J connectivity index is 2.32. The van der Waals surface area contributed by atoms with Gasteiger partial charge in [0.25, 0.3) is 0 Å². The van der Waals surface area contributed by atoms with E-state index in [9.17, 15) is 4.79 Å². The fourth-order valence-corrected chi connectivity index (χ4v) is 1.98. The second-order valence-electron chi connectivity index (χ2n) is 4.23. The molecule has 3 atom stereocenters. The molecule has 1 heterocycles. The van der Waals surface area contributed by atoms with E-state index in [4.69, 9.17) is 9.84 Å². The largest absolute Gasteiger partial charge is 0.480 e. The fraction of sp³-hybridized carbons (Fsp3) is 0.909. The molecule has 15 heavy (non-hydrogen) atoms. The van der Waals surface area contributed by atoms with Gasteiger partial charge in [0.2, 0.25) is 0 Å². The second-order valence-corrected chi connectivity index (χ2v) is 4.23. The summed E-state index contributed by atoms with van der Waals surface area (Å²) in [4.78, 5) is 10.7. The molecular weight excluding hydrogens is 194 g/mol. The number of hydrogen-bond acceptors (Lipinski definition) is 3. The highest BCUT2D eigenvalue weighted by molar-refractivity contribution is 5.72. The predicted molar refractivity (Wildman–Crippen MR) is 57.9 cm³/mol. The Kier molecular flexibility index (Phi) is 5.05. The minimum atomic E-state index is -0.784. The van der Waals surface area contributed by atoms with Gasteiger partial charge in [-0.1, -0.05) is 13.3 Å². The lowest BCUT2D eigenvalue weighted by atomic mass is 9.99. The molecule has 3 unspecified atom stereocenters. The van der Waals surface area contributed by atoms with E-state index < -0.39 is 12.0 Å². The molecule has 0 saturated carbocycles. The molecule has 0 bridgehead atoms. The number of carbonyl (C=O) groups is 1. The average molecular weight is 215 g/mol. The van der Waals surface area contributed by atoms with E-state index in [2.05, 4.69) is 12.2 Å². The lowest BCUT2D eigenvalue weighted by Gasteiger charge is -2.31. The summed E-state index contributed by atoms with van der Waals surface area (Å²) in [5.74, 6) is -0.784. The molecule has 1 aliphatic rings. The third-order valence-corrected chi connectivity index (χ3v) is 2.83. The highest BCUT2D eigenvalue weighted by atomic mass is 16.5. The molecule has 1 fully saturated rings. The molecule has 1 saturated heterocycles. The van der Waals surface area contributed by atoms with Crippen LogP contribution in [-0.4, -0.2) is 35.9 Å². The van der Waals surface area contributed by atoms with E-state index in [0.717, 1.165) is 32.3 Å². The summed E-state index contributed by atoms with van der Waals surface area (Å²) in [7, 11) is 0. The van der Waals surface area contributed by atoms with Gasteiger partial charge in [-0.15, -0.1) is 0 Å². The van der Waals surface area contributed by atoms with Crippen LogP contribution < -0.4 is 5.32 Å². The number of aliphatic carboxylic acids is 1. The third-order valence-electron chi connectivity index (χ3n) is 2.83. The molecule has 0 aliphatic carbocycles. The molecule has 1 rings (SSSR count). The Labute approximate surface area is 91.0 Å². The van der Waals surface area contributed by atoms with E-state index >= 15 is 0 Å². The molecule has 0 aromatic heterocycles. The van der Waals surface area contributed by atoms with E-state index in [1.807, 2.05) is 0 Å². The van der Waals surface area contributed by atoms with Crippen LogP contribution in [0.15, 0.2) is 0 Å². The zero-order chi connectivity index (χ0) is 11.3. The first-order chi connectivity index (χ1) is 7.13. The summed E-state index contributed by atoms with van der Waals surface area (Å²) in [6, 6.07) is -0.170. The van der Waals surface area contributed by atoms with Crippen molar-refractivity contribution < 1.29 is 14.6 Å². The predicted octanol–water partition coefficient (Wildman–Crippen LogP) is 1.40. The maximum Gasteiger partial charge on any atom is 0.320 e. The van der Waals surface area contributed by atoms with Crippen LogP contribution in [-0.2, 0) is 9.53 Å². The molecule has 0 amide bonds. The smallest absolute Gasteiger partial charge is 0.320 e. The number of ether oxygens (including phenoxy) is 1. The zero-order valence-electron chi connectivity index (χ0n) is 9.53. The molecule has 1 aliphatic heterocycles. The molecular formula is C11H21NO3. The Bertz CT molecular complexity index is 206. The second kappa shape index (κ2) is 6.08. The summed E-state index contributed by atoms with van der Waals surface area (Å²) in [6.45, 7) is 4.57. The van der Waals surface area contributed by atoms with Gasteiger partial charge >= 0.3 is 5.97 Å². The first-order valence-electron chi connectivity index (χ1n) is 5.74. The number of carboxylic acids is 1. The van der Waals surface area contributed by atoms with Gasteiger partial charge in [0.05, 0.1) is 6.10 Å². The lowest BCUT2D eigenvalue weighted by molar-refractivity contribution is -0.139. The van der Waals surface area contributed by atoms with E-state index in [1.165, 1.54) is 0 Å². The minimum Gasteiger partial charge on any atom is -0.480 e. The minimum absolute atomic E-state index is 0.293. The number of rotatable bonds is 5. The quantitative estimate of drug-likeness (QED) is 0.727. The summed E-state index contributed by atoms with van der Waals surface area (Å²) in [5, 5.41) is 11.9. The molecule has 4 nitrogen and oxygen atoms in total. The first kappa shape index (κ1) is 12.5. The van der Waals surface area contributed by atoms with Crippen LogP contribution in [0.25, 0.3) is 0 Å². The normalized spacial score (nSPS) is 28.7. The van der Waals surface area contributed by atoms with Crippen molar-refractivity contribution in [3.05, 3.63) is 0 Å². The standard InChI is InChI=1S/C11H21NO3/c1-3-4-10-7-9(5-6-15-10)12-8(2)11(13)14/h8-10,12H,3-7H2,1-2H3,(H,13,14). The molecule has 2 N–H and O–H groups in total. The Morgan fingerprint density at radius 1 is 1.67 bits per heavy atom. The maximum absolute atomic E-state index is 10.7. The van der Waals surface area contributed by atoms with Crippen molar-refractivity contribution in [3.63, 3.8) is 0 Å². The molecule has 4 heteroatoms. The van der Waals surface area contributed by atoms with E-state index in [-0.39, 0.29) is 0 Å². The molecule has 88 valence electrons. The van der Waals surface area contributed by atoms with Crippen molar-refractivity contribution in [1.29, 1.82) is 0 Å². The maximum atomic E-state index is 10.7. The van der Waals surface area contributed by atoms with Crippen molar-refractivity contribution >= 4 is 5.97 Å². The zero-order valence-corrected chi connectivity index (χ0v) is 9.53. The summed E-state index contributed by atoms with van der Waals surface area (Å²) >= 11 is 0. The number of hydrogen-bond donors (Lipinski definition) is 2. The van der Waals surface area contributed by atoms with Gasteiger partial charge in [0, 0.05) is 12.6 Å².